The molecule has 0 radical (unpaired) electrons. The number of nitro groups is 1. The molecular formula is C9H9NO5. The lowest BCUT2D eigenvalue weighted by atomic mass is 10.3. The predicted octanol–water partition coefficient (Wildman–Crippen LogP) is 2.13. The molecule has 15 heavy (non-hydrogen) atoms. The third-order valence-corrected chi connectivity index (χ3v) is 1.52. The number of ether oxygens (including phenoxy) is 2. The van der Waals surface area contributed by atoms with Crippen LogP contribution in [0.3, 0.4) is 0 Å². The van der Waals surface area contributed by atoms with Crippen molar-refractivity contribution in [2.75, 3.05) is 6.61 Å². The smallest absolute Gasteiger partial charge is 0.434 e. The Balaban J connectivity index is 2.84. The summed E-state index contributed by atoms with van der Waals surface area (Å²) in [6.45, 7) is 1.76. The highest BCUT2D eigenvalue weighted by atomic mass is 16.7. The zero-order chi connectivity index (χ0) is 11.3. The standard InChI is InChI=1S/C9H9NO5/c1-2-14-9(11)15-8-6-4-3-5-7(8)10(12)13/h3-6H,2H2,1H3. The topological polar surface area (TPSA) is 78.7 Å². The van der Waals surface area contributed by atoms with Gasteiger partial charge in [-0.2, -0.15) is 0 Å². The monoisotopic (exact) mass is 211 g/mol. The zero-order valence-electron chi connectivity index (χ0n) is 8.00. The van der Waals surface area contributed by atoms with E-state index in [-0.39, 0.29) is 18.0 Å². The molecule has 0 unspecified atom stereocenters. The first-order valence-electron chi connectivity index (χ1n) is 4.23. The summed E-state index contributed by atoms with van der Waals surface area (Å²) in [5, 5.41) is 10.5. The average Bonchev–Trinajstić information content (AvgIpc) is 2.18. The van der Waals surface area contributed by atoms with E-state index in [2.05, 4.69) is 9.47 Å². The first-order valence-corrected chi connectivity index (χ1v) is 4.23. The fraction of sp³-hybridized carbons (Fsp3) is 0.222. The highest BCUT2D eigenvalue weighted by Crippen LogP contribution is 2.25. The molecule has 0 aliphatic rings. The minimum Gasteiger partial charge on any atom is -0.434 e. The van der Waals surface area contributed by atoms with Gasteiger partial charge in [0.25, 0.3) is 0 Å². The molecule has 0 atom stereocenters. The Morgan fingerprint density at radius 1 is 1.47 bits per heavy atom. The predicted molar refractivity (Wildman–Crippen MR) is 50.7 cm³/mol. The van der Waals surface area contributed by atoms with Crippen LogP contribution in [0.15, 0.2) is 24.3 Å². The van der Waals surface area contributed by atoms with Crippen LogP contribution in [-0.4, -0.2) is 17.7 Å². The Hall–Kier alpha value is -2.11. The number of carbonyl (C=O) groups excluding carboxylic acids is 1. The second kappa shape index (κ2) is 4.94. The number of para-hydroxylation sites is 2. The quantitative estimate of drug-likeness (QED) is 0.331. The molecule has 6 heteroatoms. The number of hydrogen-bond donors (Lipinski definition) is 0. The third-order valence-electron chi connectivity index (χ3n) is 1.52. The summed E-state index contributed by atoms with van der Waals surface area (Å²) in [6, 6.07) is 5.58. The molecule has 1 aromatic carbocycles. The van der Waals surface area contributed by atoms with Crippen LogP contribution in [-0.2, 0) is 4.74 Å². The Labute approximate surface area is 85.6 Å². The second-order valence-corrected chi connectivity index (χ2v) is 2.51. The van der Waals surface area contributed by atoms with Gasteiger partial charge in [-0.05, 0) is 13.0 Å². The van der Waals surface area contributed by atoms with Gasteiger partial charge in [0.05, 0.1) is 11.5 Å². The van der Waals surface area contributed by atoms with E-state index in [1.165, 1.54) is 24.3 Å². The molecule has 6 nitrogen and oxygen atoms in total. The number of carbonyl (C=O) groups is 1. The minimum absolute atomic E-state index is 0.124. The van der Waals surface area contributed by atoms with Crippen LogP contribution in [0.25, 0.3) is 0 Å². The summed E-state index contributed by atoms with van der Waals surface area (Å²) in [6.07, 6.45) is -0.952. The minimum atomic E-state index is -0.952. The summed E-state index contributed by atoms with van der Waals surface area (Å²) in [4.78, 5) is 20.8. The molecule has 1 aromatic rings. The van der Waals surface area contributed by atoms with Gasteiger partial charge >= 0.3 is 11.8 Å². The lowest BCUT2D eigenvalue weighted by Crippen LogP contribution is -2.11. The normalized spacial score (nSPS) is 9.40. The van der Waals surface area contributed by atoms with Gasteiger partial charge in [0.15, 0.2) is 0 Å². The highest BCUT2D eigenvalue weighted by Gasteiger charge is 2.17. The number of rotatable bonds is 3. The van der Waals surface area contributed by atoms with Gasteiger partial charge < -0.3 is 9.47 Å². The maximum atomic E-state index is 10.9. The van der Waals surface area contributed by atoms with Gasteiger partial charge in [0.2, 0.25) is 5.75 Å². The summed E-state index contributed by atoms with van der Waals surface area (Å²) in [7, 11) is 0. The number of benzene rings is 1. The SMILES string of the molecule is CCOC(=O)Oc1ccccc1[N+](=O)[O-]. The third kappa shape index (κ3) is 2.94. The number of nitro benzene ring substituents is 1. The molecule has 0 fully saturated rings. The van der Waals surface area contributed by atoms with Gasteiger partial charge in [-0.3, -0.25) is 10.1 Å². The fourth-order valence-electron chi connectivity index (χ4n) is 0.931. The average molecular weight is 211 g/mol. The zero-order valence-corrected chi connectivity index (χ0v) is 8.00. The van der Waals surface area contributed by atoms with Gasteiger partial charge in [-0.25, -0.2) is 4.79 Å². The lowest BCUT2D eigenvalue weighted by Gasteiger charge is -2.03. The van der Waals surface area contributed by atoms with Crippen LogP contribution in [0.2, 0.25) is 0 Å². The van der Waals surface area contributed by atoms with Crippen LogP contribution >= 0.6 is 0 Å². The molecule has 0 bridgehead atoms. The molecule has 0 heterocycles. The van der Waals surface area contributed by atoms with Crippen molar-refractivity contribution in [1.82, 2.24) is 0 Å². The molecule has 0 spiro atoms. The molecule has 1 rings (SSSR count). The molecule has 0 saturated heterocycles. The van der Waals surface area contributed by atoms with Crippen molar-refractivity contribution in [2.24, 2.45) is 0 Å². The van der Waals surface area contributed by atoms with E-state index in [0.717, 1.165) is 0 Å². The van der Waals surface area contributed by atoms with Crippen molar-refractivity contribution in [3.63, 3.8) is 0 Å². The molecule has 0 aromatic heterocycles. The number of hydrogen-bond acceptors (Lipinski definition) is 5. The Bertz CT molecular complexity index is 377. The van der Waals surface area contributed by atoms with Crippen molar-refractivity contribution in [1.29, 1.82) is 0 Å². The van der Waals surface area contributed by atoms with Crippen LogP contribution in [0, 0.1) is 10.1 Å². The van der Waals surface area contributed by atoms with Gasteiger partial charge in [0.1, 0.15) is 0 Å². The number of nitrogens with zero attached hydrogens (tertiary/aromatic N) is 1. The Morgan fingerprint density at radius 3 is 2.73 bits per heavy atom. The molecule has 0 aliphatic heterocycles. The molecule has 0 aliphatic carbocycles. The van der Waals surface area contributed by atoms with E-state index >= 15 is 0 Å². The van der Waals surface area contributed by atoms with Crippen molar-refractivity contribution in [2.45, 2.75) is 6.92 Å². The maximum Gasteiger partial charge on any atom is 0.514 e. The van der Waals surface area contributed by atoms with E-state index in [9.17, 15) is 14.9 Å². The fourth-order valence-corrected chi connectivity index (χ4v) is 0.931. The van der Waals surface area contributed by atoms with Crippen molar-refractivity contribution in [3.05, 3.63) is 34.4 Å². The summed E-state index contributed by atoms with van der Waals surface area (Å²) < 4.78 is 9.14. The van der Waals surface area contributed by atoms with Crippen LogP contribution in [0.5, 0.6) is 5.75 Å². The van der Waals surface area contributed by atoms with Crippen molar-refractivity contribution < 1.29 is 19.2 Å². The van der Waals surface area contributed by atoms with Crippen molar-refractivity contribution >= 4 is 11.8 Å². The van der Waals surface area contributed by atoms with E-state index in [1.54, 1.807) is 6.92 Å². The highest BCUT2D eigenvalue weighted by molar-refractivity contribution is 5.66. The first-order chi connectivity index (χ1) is 7.15. The molecule has 0 N–H and O–H groups in total. The summed E-state index contributed by atoms with van der Waals surface area (Å²) in [5.41, 5.74) is -0.273. The summed E-state index contributed by atoms with van der Waals surface area (Å²) >= 11 is 0. The van der Waals surface area contributed by atoms with Crippen LogP contribution < -0.4 is 4.74 Å². The van der Waals surface area contributed by atoms with E-state index < -0.39 is 11.1 Å². The van der Waals surface area contributed by atoms with E-state index in [4.69, 9.17) is 0 Å². The molecule has 0 amide bonds. The van der Waals surface area contributed by atoms with Crippen molar-refractivity contribution in [3.8, 4) is 5.75 Å². The van der Waals surface area contributed by atoms with E-state index in [1.807, 2.05) is 0 Å². The summed E-state index contributed by atoms with van der Waals surface area (Å²) in [5.74, 6) is -0.124. The lowest BCUT2D eigenvalue weighted by molar-refractivity contribution is -0.385. The van der Waals surface area contributed by atoms with E-state index in [0.29, 0.717) is 0 Å². The molecular weight excluding hydrogens is 202 g/mol. The maximum absolute atomic E-state index is 10.9. The second-order valence-electron chi connectivity index (χ2n) is 2.51. The molecule has 80 valence electrons. The Kier molecular flexibility index (Phi) is 3.61. The van der Waals surface area contributed by atoms with Crippen LogP contribution in [0.4, 0.5) is 10.5 Å². The van der Waals surface area contributed by atoms with Gasteiger partial charge in [-0.15, -0.1) is 0 Å². The van der Waals surface area contributed by atoms with Crippen LogP contribution in [0.1, 0.15) is 6.92 Å². The largest absolute Gasteiger partial charge is 0.514 e. The molecule has 0 saturated carbocycles. The first kappa shape index (κ1) is 11.0. The van der Waals surface area contributed by atoms with Gasteiger partial charge in [-0.1, -0.05) is 12.1 Å². The van der Waals surface area contributed by atoms with Gasteiger partial charge in [0, 0.05) is 6.07 Å². The Morgan fingerprint density at radius 2 is 2.13 bits per heavy atom.